The van der Waals surface area contributed by atoms with Gasteiger partial charge in [0, 0.05) is 30.9 Å². The Morgan fingerprint density at radius 3 is 2.55 bits per heavy atom. The third-order valence-corrected chi connectivity index (χ3v) is 5.86. The van der Waals surface area contributed by atoms with Gasteiger partial charge in [-0.25, -0.2) is 4.98 Å². The van der Waals surface area contributed by atoms with E-state index >= 15 is 0 Å². The van der Waals surface area contributed by atoms with Gasteiger partial charge in [0.15, 0.2) is 5.96 Å². The van der Waals surface area contributed by atoms with Gasteiger partial charge >= 0.3 is 0 Å². The molecular weight excluding hydrogens is 292 g/mol. The lowest BCUT2D eigenvalue weighted by atomic mass is 9.67. The van der Waals surface area contributed by atoms with Crippen molar-refractivity contribution in [2.24, 2.45) is 10.4 Å². The molecule has 1 aromatic heterocycles. The maximum atomic E-state index is 4.82. The van der Waals surface area contributed by atoms with Crippen molar-refractivity contribution in [2.45, 2.75) is 59.8 Å². The summed E-state index contributed by atoms with van der Waals surface area (Å²) in [5, 5.41) is 7.98. The molecule has 1 aromatic rings. The standard InChI is InChI=1S/C17H30N4S/c1-5-17(9-7-10-17)12-20-16(18-6-2)19-11-8-15-13(3)21-14(4)22-15/h5-12H2,1-4H3,(H2,18,19,20). The van der Waals surface area contributed by atoms with Crippen LogP contribution in [0.2, 0.25) is 0 Å². The third-order valence-electron chi connectivity index (χ3n) is 4.73. The minimum atomic E-state index is 0.480. The Hall–Kier alpha value is -1.10. The van der Waals surface area contributed by atoms with Crippen LogP contribution in [-0.4, -0.2) is 30.6 Å². The van der Waals surface area contributed by atoms with Crippen LogP contribution in [-0.2, 0) is 6.42 Å². The highest BCUT2D eigenvalue weighted by Gasteiger charge is 2.34. The first-order valence-electron chi connectivity index (χ1n) is 8.53. The lowest BCUT2D eigenvalue weighted by Crippen LogP contribution is -2.40. The van der Waals surface area contributed by atoms with Crippen LogP contribution in [0.25, 0.3) is 0 Å². The first-order chi connectivity index (χ1) is 10.6. The molecule has 1 saturated carbocycles. The smallest absolute Gasteiger partial charge is 0.191 e. The minimum absolute atomic E-state index is 0.480. The Balaban J connectivity index is 1.84. The summed E-state index contributed by atoms with van der Waals surface area (Å²) < 4.78 is 0. The lowest BCUT2D eigenvalue weighted by molar-refractivity contribution is 0.139. The van der Waals surface area contributed by atoms with Crippen LogP contribution in [0.4, 0.5) is 0 Å². The zero-order valence-electron chi connectivity index (χ0n) is 14.5. The number of hydrogen-bond acceptors (Lipinski definition) is 3. The van der Waals surface area contributed by atoms with Gasteiger partial charge in [-0.2, -0.15) is 0 Å². The summed E-state index contributed by atoms with van der Waals surface area (Å²) in [6.07, 6.45) is 6.31. The fourth-order valence-corrected chi connectivity index (χ4v) is 3.93. The monoisotopic (exact) mass is 322 g/mol. The molecule has 0 atom stereocenters. The number of aliphatic imine (C=N–C) groups is 1. The first kappa shape index (κ1) is 17.3. The molecule has 4 nitrogen and oxygen atoms in total. The molecule has 1 aliphatic carbocycles. The molecule has 0 unspecified atom stereocenters. The Kier molecular flexibility index (Phi) is 6.24. The van der Waals surface area contributed by atoms with Gasteiger partial charge in [0.25, 0.3) is 0 Å². The predicted octanol–water partition coefficient (Wildman–Crippen LogP) is 3.44. The molecule has 124 valence electrons. The van der Waals surface area contributed by atoms with E-state index in [0.29, 0.717) is 5.41 Å². The zero-order valence-corrected chi connectivity index (χ0v) is 15.3. The van der Waals surface area contributed by atoms with Gasteiger partial charge in [-0.05, 0) is 45.4 Å². The molecule has 0 aromatic carbocycles. The number of nitrogens with zero attached hydrogens (tertiary/aromatic N) is 2. The molecule has 0 bridgehead atoms. The SMILES string of the molecule is CCNC(=NCC1(CC)CCC1)NCCc1sc(C)nc1C. The number of aryl methyl sites for hydroxylation is 2. The third kappa shape index (κ3) is 4.45. The highest BCUT2D eigenvalue weighted by molar-refractivity contribution is 7.11. The van der Waals surface area contributed by atoms with E-state index in [4.69, 9.17) is 4.99 Å². The van der Waals surface area contributed by atoms with E-state index in [0.717, 1.165) is 37.0 Å². The van der Waals surface area contributed by atoms with E-state index < -0.39 is 0 Å². The molecular formula is C17H30N4S. The molecule has 1 fully saturated rings. The highest BCUT2D eigenvalue weighted by Crippen LogP contribution is 2.43. The molecule has 2 rings (SSSR count). The van der Waals surface area contributed by atoms with Crippen molar-refractivity contribution in [3.05, 3.63) is 15.6 Å². The lowest BCUT2D eigenvalue weighted by Gasteiger charge is -2.40. The molecule has 0 spiro atoms. The van der Waals surface area contributed by atoms with Crippen molar-refractivity contribution in [1.82, 2.24) is 15.6 Å². The quantitative estimate of drug-likeness (QED) is 0.597. The molecule has 0 amide bonds. The van der Waals surface area contributed by atoms with Crippen molar-refractivity contribution in [3.63, 3.8) is 0 Å². The van der Waals surface area contributed by atoms with Crippen LogP contribution in [0.5, 0.6) is 0 Å². The van der Waals surface area contributed by atoms with Crippen molar-refractivity contribution < 1.29 is 0 Å². The number of nitrogens with one attached hydrogen (secondary N) is 2. The summed E-state index contributed by atoms with van der Waals surface area (Å²) in [6.45, 7) is 11.4. The van der Waals surface area contributed by atoms with E-state index in [1.807, 2.05) is 0 Å². The number of thiazole rings is 1. The minimum Gasteiger partial charge on any atom is -0.357 e. The van der Waals surface area contributed by atoms with Crippen molar-refractivity contribution >= 4 is 17.3 Å². The summed E-state index contributed by atoms with van der Waals surface area (Å²) in [4.78, 5) is 10.7. The summed E-state index contributed by atoms with van der Waals surface area (Å²) in [6, 6.07) is 0. The first-order valence-corrected chi connectivity index (χ1v) is 9.35. The molecule has 0 radical (unpaired) electrons. The summed E-state index contributed by atoms with van der Waals surface area (Å²) in [5.74, 6) is 0.959. The van der Waals surface area contributed by atoms with Gasteiger partial charge in [-0.1, -0.05) is 13.3 Å². The normalized spacial score (nSPS) is 17.2. The number of hydrogen-bond donors (Lipinski definition) is 2. The van der Waals surface area contributed by atoms with Gasteiger partial charge in [-0.3, -0.25) is 4.99 Å². The maximum Gasteiger partial charge on any atom is 0.191 e. The number of aromatic nitrogens is 1. The average Bonchev–Trinajstić information content (AvgIpc) is 2.76. The Labute approximate surface area is 138 Å². The van der Waals surface area contributed by atoms with E-state index in [9.17, 15) is 0 Å². The Morgan fingerprint density at radius 1 is 1.27 bits per heavy atom. The molecule has 22 heavy (non-hydrogen) atoms. The van der Waals surface area contributed by atoms with Crippen LogP contribution in [0.3, 0.4) is 0 Å². The van der Waals surface area contributed by atoms with Crippen LogP contribution in [0.1, 0.15) is 55.1 Å². The van der Waals surface area contributed by atoms with Crippen LogP contribution < -0.4 is 10.6 Å². The molecule has 1 heterocycles. The fraction of sp³-hybridized carbons (Fsp3) is 0.765. The van der Waals surface area contributed by atoms with E-state index in [-0.39, 0.29) is 0 Å². The van der Waals surface area contributed by atoms with Crippen molar-refractivity contribution in [3.8, 4) is 0 Å². The molecule has 0 aliphatic heterocycles. The van der Waals surface area contributed by atoms with Gasteiger partial charge in [-0.15, -0.1) is 11.3 Å². The van der Waals surface area contributed by atoms with E-state index in [2.05, 4.69) is 43.3 Å². The zero-order chi connectivity index (χ0) is 16.0. The second-order valence-corrected chi connectivity index (χ2v) is 7.61. The van der Waals surface area contributed by atoms with E-state index in [1.165, 1.54) is 36.3 Å². The molecule has 1 aliphatic rings. The molecule has 5 heteroatoms. The predicted molar refractivity (Wildman–Crippen MR) is 95.8 cm³/mol. The van der Waals surface area contributed by atoms with Crippen molar-refractivity contribution in [2.75, 3.05) is 19.6 Å². The van der Waals surface area contributed by atoms with Gasteiger partial charge in [0.2, 0.25) is 0 Å². The van der Waals surface area contributed by atoms with Gasteiger partial charge in [0.05, 0.1) is 10.7 Å². The molecule has 2 N–H and O–H groups in total. The fourth-order valence-electron chi connectivity index (χ4n) is 2.99. The summed E-state index contributed by atoms with van der Waals surface area (Å²) in [7, 11) is 0. The highest BCUT2D eigenvalue weighted by atomic mass is 32.1. The van der Waals surface area contributed by atoms with Crippen LogP contribution in [0.15, 0.2) is 4.99 Å². The van der Waals surface area contributed by atoms with Gasteiger partial charge < -0.3 is 10.6 Å². The Bertz CT molecular complexity index is 497. The number of rotatable bonds is 7. The maximum absolute atomic E-state index is 4.82. The molecule has 0 saturated heterocycles. The van der Waals surface area contributed by atoms with Gasteiger partial charge in [0.1, 0.15) is 0 Å². The topological polar surface area (TPSA) is 49.3 Å². The Morgan fingerprint density at radius 2 is 2.05 bits per heavy atom. The van der Waals surface area contributed by atoms with Crippen molar-refractivity contribution in [1.29, 1.82) is 0 Å². The van der Waals surface area contributed by atoms with Crippen LogP contribution in [0, 0.1) is 19.3 Å². The second-order valence-electron chi connectivity index (χ2n) is 6.32. The average molecular weight is 323 g/mol. The summed E-state index contributed by atoms with van der Waals surface area (Å²) >= 11 is 1.80. The number of guanidine groups is 1. The second kappa shape index (κ2) is 7.95. The summed E-state index contributed by atoms with van der Waals surface area (Å²) in [5.41, 5.74) is 1.65. The largest absolute Gasteiger partial charge is 0.357 e. The van der Waals surface area contributed by atoms with Crippen LogP contribution >= 0.6 is 11.3 Å². The van der Waals surface area contributed by atoms with E-state index in [1.54, 1.807) is 11.3 Å².